The van der Waals surface area contributed by atoms with Crippen LogP contribution in [0.4, 0.5) is 5.00 Å². The van der Waals surface area contributed by atoms with Crippen molar-refractivity contribution in [3.05, 3.63) is 27.1 Å². The number of hydrogen-bond acceptors (Lipinski definition) is 7. The first-order valence-electron chi connectivity index (χ1n) is 7.43. The summed E-state index contributed by atoms with van der Waals surface area (Å²) in [5.41, 5.74) is 0.967. The highest BCUT2D eigenvalue weighted by Crippen LogP contribution is 2.22. The number of nitrogens with one attached hydrogen (secondary N) is 1. The van der Waals surface area contributed by atoms with Crippen molar-refractivity contribution in [3.8, 4) is 0 Å². The third kappa shape index (κ3) is 5.29. The molecule has 22 heavy (non-hydrogen) atoms. The van der Waals surface area contributed by atoms with Crippen LogP contribution in [0.2, 0.25) is 0 Å². The fraction of sp³-hybridized carbons (Fsp3) is 0.714. The van der Waals surface area contributed by atoms with Gasteiger partial charge in [0.1, 0.15) is 0 Å². The van der Waals surface area contributed by atoms with Gasteiger partial charge in [0, 0.05) is 37.7 Å². The highest BCUT2D eigenvalue weighted by atomic mass is 32.1. The first kappa shape index (κ1) is 17.3. The molecule has 7 nitrogen and oxygen atoms in total. The molecule has 0 bridgehead atoms. The first-order valence-corrected chi connectivity index (χ1v) is 8.31. The quantitative estimate of drug-likeness (QED) is 0.551. The molecular weight excluding hydrogens is 306 g/mol. The summed E-state index contributed by atoms with van der Waals surface area (Å²) in [6.07, 6.45) is 1.61. The van der Waals surface area contributed by atoms with Crippen LogP contribution in [0.15, 0.2) is 11.4 Å². The molecule has 124 valence electrons. The molecule has 1 aromatic heterocycles. The van der Waals surface area contributed by atoms with E-state index in [0.717, 1.165) is 31.5 Å². The van der Waals surface area contributed by atoms with Crippen LogP contribution in [0.1, 0.15) is 18.4 Å². The summed E-state index contributed by atoms with van der Waals surface area (Å²) in [7, 11) is 1.59. The second-order valence-electron chi connectivity index (χ2n) is 5.62. The van der Waals surface area contributed by atoms with Crippen molar-refractivity contribution in [1.29, 1.82) is 0 Å². The molecular formula is C14H23N3O4S. The minimum atomic E-state index is -0.430. The Morgan fingerprint density at radius 2 is 2.32 bits per heavy atom. The molecule has 0 amide bonds. The van der Waals surface area contributed by atoms with Crippen LogP contribution in [0.3, 0.4) is 0 Å². The van der Waals surface area contributed by atoms with Gasteiger partial charge in [0.2, 0.25) is 0 Å². The van der Waals surface area contributed by atoms with Crippen LogP contribution >= 0.6 is 11.3 Å². The number of β-amino-alcohol motifs (C(OH)–C–C–N with tert-alkyl or cyclic N) is 1. The van der Waals surface area contributed by atoms with E-state index in [2.05, 4.69) is 10.2 Å². The Morgan fingerprint density at radius 3 is 2.91 bits per heavy atom. The van der Waals surface area contributed by atoms with E-state index in [1.807, 2.05) is 5.38 Å². The maximum Gasteiger partial charge on any atom is 0.324 e. The molecule has 1 aromatic rings. The van der Waals surface area contributed by atoms with E-state index < -0.39 is 6.10 Å². The number of aliphatic hydroxyl groups is 1. The predicted molar refractivity (Wildman–Crippen MR) is 85.2 cm³/mol. The molecule has 0 aliphatic carbocycles. The van der Waals surface area contributed by atoms with Crippen molar-refractivity contribution >= 4 is 16.3 Å². The summed E-state index contributed by atoms with van der Waals surface area (Å²) >= 11 is 1.17. The van der Waals surface area contributed by atoms with Gasteiger partial charge in [-0.2, -0.15) is 0 Å². The number of nitrogens with zero attached hydrogens (tertiary/aromatic N) is 2. The van der Waals surface area contributed by atoms with Gasteiger partial charge < -0.3 is 20.1 Å². The van der Waals surface area contributed by atoms with E-state index in [-0.39, 0.29) is 9.92 Å². The second-order valence-corrected chi connectivity index (χ2v) is 6.50. The van der Waals surface area contributed by atoms with E-state index in [4.69, 9.17) is 4.74 Å². The van der Waals surface area contributed by atoms with Crippen LogP contribution < -0.4 is 5.32 Å². The van der Waals surface area contributed by atoms with Crippen molar-refractivity contribution in [1.82, 2.24) is 10.2 Å². The molecule has 0 aromatic carbocycles. The number of methoxy groups -OCH3 is 1. The van der Waals surface area contributed by atoms with Crippen molar-refractivity contribution in [3.63, 3.8) is 0 Å². The number of nitro groups is 1. The molecule has 0 saturated carbocycles. The van der Waals surface area contributed by atoms with E-state index in [0.29, 0.717) is 25.7 Å². The normalized spacial score (nSPS) is 18.5. The van der Waals surface area contributed by atoms with Gasteiger partial charge in [0.05, 0.1) is 17.6 Å². The van der Waals surface area contributed by atoms with E-state index >= 15 is 0 Å². The van der Waals surface area contributed by atoms with Crippen molar-refractivity contribution < 1.29 is 14.8 Å². The van der Waals surface area contributed by atoms with Gasteiger partial charge in [-0.05, 0) is 31.5 Å². The molecule has 1 aliphatic heterocycles. The zero-order valence-electron chi connectivity index (χ0n) is 12.7. The second kappa shape index (κ2) is 8.54. The summed E-state index contributed by atoms with van der Waals surface area (Å²) in [5.74, 6) is 0. The van der Waals surface area contributed by atoms with Gasteiger partial charge in [-0.3, -0.25) is 10.1 Å². The van der Waals surface area contributed by atoms with E-state index in [9.17, 15) is 15.2 Å². The summed E-state index contributed by atoms with van der Waals surface area (Å²) < 4.78 is 4.94. The molecule has 1 fully saturated rings. The van der Waals surface area contributed by atoms with E-state index in [1.54, 1.807) is 13.2 Å². The third-order valence-corrected chi connectivity index (χ3v) is 4.76. The average molecular weight is 329 g/mol. The molecule has 0 spiro atoms. The molecule has 2 rings (SSSR count). The molecule has 2 N–H and O–H groups in total. The predicted octanol–water partition coefficient (Wildman–Crippen LogP) is 1.22. The van der Waals surface area contributed by atoms with Gasteiger partial charge in [-0.15, -0.1) is 0 Å². The van der Waals surface area contributed by atoms with E-state index in [1.165, 1.54) is 11.3 Å². The summed E-state index contributed by atoms with van der Waals surface area (Å²) in [6, 6.07) is 2.06. The van der Waals surface area contributed by atoms with Crippen LogP contribution in [0, 0.1) is 10.1 Å². The Labute approximate surface area is 134 Å². The topological polar surface area (TPSA) is 87.9 Å². The number of thiophene rings is 1. The number of rotatable bonds is 8. The van der Waals surface area contributed by atoms with Crippen LogP contribution in [0.25, 0.3) is 0 Å². The SMILES string of the molecule is COCC(O)CN1CCC(NCc2csc([N+](=O)[O-])c2)CC1. The zero-order valence-corrected chi connectivity index (χ0v) is 13.6. The maximum absolute atomic E-state index is 10.7. The van der Waals surface area contributed by atoms with Gasteiger partial charge >= 0.3 is 5.00 Å². The fourth-order valence-electron chi connectivity index (χ4n) is 2.68. The highest BCUT2D eigenvalue weighted by Gasteiger charge is 2.21. The minimum absolute atomic E-state index is 0.193. The Bertz CT molecular complexity index is 474. The lowest BCUT2D eigenvalue weighted by atomic mass is 10.0. The van der Waals surface area contributed by atoms with Crippen LogP contribution in [-0.4, -0.2) is 60.4 Å². The zero-order chi connectivity index (χ0) is 15.9. The largest absolute Gasteiger partial charge is 0.389 e. The molecule has 8 heteroatoms. The number of aliphatic hydroxyl groups excluding tert-OH is 1. The number of ether oxygens (including phenoxy) is 1. The average Bonchev–Trinajstić information content (AvgIpc) is 2.96. The third-order valence-electron chi connectivity index (χ3n) is 3.83. The summed E-state index contributed by atoms with van der Waals surface area (Å²) in [5, 5.41) is 25.9. The Kier molecular flexibility index (Phi) is 6.71. The Balaban J connectivity index is 1.67. The fourth-order valence-corrected chi connectivity index (χ4v) is 3.41. The van der Waals surface area contributed by atoms with Gasteiger partial charge in [0.15, 0.2) is 0 Å². The molecule has 1 aliphatic rings. The molecule has 2 heterocycles. The van der Waals surface area contributed by atoms with Gasteiger partial charge in [0.25, 0.3) is 0 Å². The molecule has 1 saturated heterocycles. The monoisotopic (exact) mass is 329 g/mol. The Morgan fingerprint density at radius 1 is 1.59 bits per heavy atom. The smallest absolute Gasteiger partial charge is 0.324 e. The highest BCUT2D eigenvalue weighted by molar-refractivity contribution is 7.13. The molecule has 0 radical (unpaired) electrons. The number of likely N-dealkylation sites (tertiary alicyclic amines) is 1. The first-order chi connectivity index (χ1) is 10.6. The maximum atomic E-state index is 10.7. The summed E-state index contributed by atoms with van der Waals surface area (Å²) in [4.78, 5) is 12.5. The lowest BCUT2D eigenvalue weighted by molar-refractivity contribution is -0.380. The molecule has 1 unspecified atom stereocenters. The summed E-state index contributed by atoms with van der Waals surface area (Å²) in [6.45, 7) is 3.58. The minimum Gasteiger partial charge on any atom is -0.389 e. The van der Waals surface area contributed by atoms with Crippen molar-refractivity contribution in [2.75, 3.05) is 33.4 Å². The lowest BCUT2D eigenvalue weighted by Gasteiger charge is -2.33. The lowest BCUT2D eigenvalue weighted by Crippen LogP contribution is -2.45. The number of piperidine rings is 1. The van der Waals surface area contributed by atoms with Crippen molar-refractivity contribution in [2.24, 2.45) is 0 Å². The Hall–Kier alpha value is -1.06. The standard InChI is InChI=1S/C14H23N3O4S/c1-21-9-13(18)8-16-4-2-12(3-5-16)15-7-11-6-14(17(19)20)22-10-11/h6,10,12-13,15,18H,2-5,7-9H2,1H3. The van der Waals surface area contributed by atoms with Crippen LogP contribution in [-0.2, 0) is 11.3 Å². The number of hydrogen-bond donors (Lipinski definition) is 2. The van der Waals surface area contributed by atoms with Crippen molar-refractivity contribution in [2.45, 2.75) is 31.5 Å². The molecule has 1 atom stereocenters. The van der Waals surface area contributed by atoms with Gasteiger partial charge in [-0.25, -0.2) is 0 Å². The van der Waals surface area contributed by atoms with Gasteiger partial charge in [-0.1, -0.05) is 11.3 Å². The van der Waals surface area contributed by atoms with Crippen LogP contribution in [0.5, 0.6) is 0 Å².